The number of benzene rings is 3. The molecule has 0 spiro atoms. The van der Waals surface area contributed by atoms with E-state index in [9.17, 15) is 18.3 Å². The molecule has 8 nitrogen and oxygen atoms in total. The minimum Gasteiger partial charge on any atom is -0.390 e. The summed E-state index contributed by atoms with van der Waals surface area (Å²) in [6.45, 7) is 2.75. The first-order valence-corrected chi connectivity index (χ1v) is 16.3. The fourth-order valence-corrected chi connectivity index (χ4v) is 7.54. The molecule has 42 heavy (non-hydrogen) atoms. The summed E-state index contributed by atoms with van der Waals surface area (Å²) >= 11 is 0. The minimum absolute atomic E-state index is 0.00352. The van der Waals surface area contributed by atoms with Gasteiger partial charge >= 0.3 is 0 Å². The van der Waals surface area contributed by atoms with Gasteiger partial charge in [-0.15, -0.1) is 0 Å². The topological polar surface area (TPSA) is 104 Å². The van der Waals surface area contributed by atoms with Crippen molar-refractivity contribution in [2.45, 2.75) is 57.3 Å². The lowest BCUT2D eigenvalue weighted by molar-refractivity contribution is 0.0824. The number of fused-ring (bicyclic) bond motifs is 1. The highest BCUT2D eigenvalue weighted by molar-refractivity contribution is 7.92. The largest absolute Gasteiger partial charge is 0.390 e. The lowest BCUT2D eigenvalue weighted by atomic mass is 9.99. The smallest absolute Gasteiger partial charge is 0.251 e. The number of nitrogens with zero attached hydrogens (tertiary/aromatic N) is 2. The van der Waals surface area contributed by atoms with Crippen molar-refractivity contribution in [2.75, 3.05) is 23.7 Å². The van der Waals surface area contributed by atoms with Crippen molar-refractivity contribution in [2.24, 2.45) is 0 Å². The second-order valence-electron chi connectivity index (χ2n) is 11.4. The number of carbonyl (C=O) groups excluding carboxylic acids is 1. The zero-order valence-electron chi connectivity index (χ0n) is 24.1. The molecule has 2 heterocycles. The summed E-state index contributed by atoms with van der Waals surface area (Å²) < 4.78 is 29.2. The van der Waals surface area contributed by atoms with E-state index in [0.29, 0.717) is 30.8 Å². The lowest BCUT2D eigenvalue weighted by Crippen LogP contribution is -2.49. The maximum atomic E-state index is 13.8. The van der Waals surface area contributed by atoms with Crippen LogP contribution < -0.4 is 14.9 Å². The lowest BCUT2D eigenvalue weighted by Gasteiger charge is -2.27. The third-order valence-electron chi connectivity index (χ3n) is 8.81. The number of nitrogens with one attached hydrogen (secondary N) is 2. The molecule has 0 bridgehead atoms. The number of aryl methyl sites for hydroxylation is 3. The van der Waals surface area contributed by atoms with Gasteiger partial charge in [0.2, 0.25) is 10.0 Å². The highest BCUT2D eigenvalue weighted by Crippen LogP contribution is 2.36. The van der Waals surface area contributed by atoms with Crippen LogP contribution in [-0.4, -0.2) is 55.5 Å². The predicted molar refractivity (Wildman–Crippen MR) is 166 cm³/mol. The van der Waals surface area contributed by atoms with Gasteiger partial charge in [-0.2, -0.15) is 0 Å². The Labute approximate surface area is 247 Å². The predicted octanol–water partition coefficient (Wildman–Crippen LogP) is 3.96. The Kier molecular flexibility index (Phi) is 7.83. The summed E-state index contributed by atoms with van der Waals surface area (Å²) in [6, 6.07) is 21.3. The van der Waals surface area contributed by atoms with Crippen molar-refractivity contribution in [1.29, 1.82) is 0 Å². The van der Waals surface area contributed by atoms with Crippen LogP contribution in [0, 0.1) is 0 Å². The van der Waals surface area contributed by atoms with Gasteiger partial charge in [0.25, 0.3) is 5.91 Å². The van der Waals surface area contributed by atoms with Gasteiger partial charge in [0.15, 0.2) is 0 Å². The third kappa shape index (κ3) is 5.44. The number of anilines is 1. The van der Waals surface area contributed by atoms with E-state index in [-0.39, 0.29) is 17.7 Å². The number of amides is 1. The zero-order chi connectivity index (χ0) is 29.4. The van der Waals surface area contributed by atoms with Crippen LogP contribution >= 0.6 is 0 Å². The SMILES string of the molecule is CCc1cn2c3c(cc(C(=O)N[C@@H](Cc4ccccc4)[C@H](O)CN[C@H]4CCc5ccccc54)cc13)N(C)S(=O)(=O)CC2. The van der Waals surface area contributed by atoms with Crippen molar-refractivity contribution in [1.82, 2.24) is 15.2 Å². The molecular formula is C33H38N4O4S. The van der Waals surface area contributed by atoms with E-state index in [1.807, 2.05) is 53.2 Å². The normalized spacial score (nSPS) is 18.8. The molecule has 2 aliphatic rings. The Morgan fingerprint density at radius 1 is 1.10 bits per heavy atom. The van der Waals surface area contributed by atoms with E-state index >= 15 is 0 Å². The van der Waals surface area contributed by atoms with Gasteiger partial charge in [0.1, 0.15) is 0 Å². The van der Waals surface area contributed by atoms with Crippen LogP contribution in [0.1, 0.15) is 52.0 Å². The van der Waals surface area contributed by atoms with E-state index in [1.165, 1.54) is 15.4 Å². The average Bonchev–Trinajstić information content (AvgIpc) is 3.56. The molecule has 6 rings (SSSR count). The first-order valence-electron chi connectivity index (χ1n) is 14.7. The quantitative estimate of drug-likeness (QED) is 0.276. The Balaban J connectivity index is 1.28. The van der Waals surface area contributed by atoms with Crippen LogP contribution in [-0.2, 0) is 35.8 Å². The van der Waals surface area contributed by atoms with Crippen molar-refractivity contribution in [3.05, 3.63) is 101 Å². The number of sulfonamides is 1. The van der Waals surface area contributed by atoms with Crippen molar-refractivity contribution < 1.29 is 18.3 Å². The summed E-state index contributed by atoms with van der Waals surface area (Å²) in [6.07, 6.45) is 4.35. The average molecular weight is 587 g/mol. The number of carbonyl (C=O) groups is 1. The number of aliphatic hydroxyl groups is 1. The van der Waals surface area contributed by atoms with Crippen LogP contribution in [0.15, 0.2) is 72.9 Å². The number of hydrogen-bond donors (Lipinski definition) is 3. The molecular weight excluding hydrogens is 548 g/mol. The van der Waals surface area contributed by atoms with E-state index in [4.69, 9.17) is 0 Å². The van der Waals surface area contributed by atoms with Crippen molar-refractivity contribution >= 4 is 32.5 Å². The molecule has 220 valence electrons. The summed E-state index contributed by atoms with van der Waals surface area (Å²) in [5.41, 5.74) is 6.37. The molecule has 3 atom stereocenters. The number of hydrogen-bond acceptors (Lipinski definition) is 5. The highest BCUT2D eigenvalue weighted by atomic mass is 32.2. The molecule has 0 saturated heterocycles. The maximum Gasteiger partial charge on any atom is 0.251 e. The monoisotopic (exact) mass is 586 g/mol. The first kappa shape index (κ1) is 28.5. The molecule has 3 aromatic carbocycles. The van der Waals surface area contributed by atoms with Gasteiger partial charge in [-0.1, -0.05) is 61.5 Å². The standard InChI is InChI=1S/C33H38N4O4S/c1-3-23-21-37-15-16-42(40,41)36(2)30-19-25(18-27(23)32(30)37)33(39)35-29(17-22-9-5-4-6-10-22)31(38)20-34-28-14-13-24-11-7-8-12-26(24)28/h4-12,18-19,21,28-29,31,34,38H,3,13-17,20H2,1-2H3,(H,35,39)/t28-,29-,31+/m0/s1. The molecule has 1 aliphatic heterocycles. The fraction of sp³-hybridized carbons (Fsp3) is 0.364. The van der Waals surface area contributed by atoms with E-state index in [0.717, 1.165) is 41.3 Å². The maximum absolute atomic E-state index is 13.8. The van der Waals surface area contributed by atoms with Gasteiger partial charge in [0, 0.05) is 43.3 Å². The Morgan fingerprint density at radius 2 is 1.86 bits per heavy atom. The van der Waals surface area contributed by atoms with Gasteiger partial charge < -0.3 is 20.3 Å². The summed E-state index contributed by atoms with van der Waals surface area (Å²) in [4.78, 5) is 13.8. The second-order valence-corrected chi connectivity index (χ2v) is 13.5. The fourth-order valence-electron chi connectivity index (χ4n) is 6.40. The van der Waals surface area contributed by atoms with Crippen LogP contribution in [0.5, 0.6) is 0 Å². The van der Waals surface area contributed by atoms with E-state index in [2.05, 4.69) is 35.8 Å². The van der Waals surface area contributed by atoms with Crippen molar-refractivity contribution in [3.8, 4) is 0 Å². The van der Waals surface area contributed by atoms with Crippen LogP contribution in [0.4, 0.5) is 5.69 Å². The first-order chi connectivity index (χ1) is 20.2. The second kappa shape index (κ2) is 11.6. The summed E-state index contributed by atoms with van der Waals surface area (Å²) in [7, 11) is -1.97. The molecule has 9 heteroatoms. The Morgan fingerprint density at radius 3 is 2.64 bits per heavy atom. The summed E-state index contributed by atoms with van der Waals surface area (Å²) in [5.74, 6) is -0.347. The molecule has 0 fully saturated rings. The minimum atomic E-state index is -3.53. The molecule has 1 amide bonds. The van der Waals surface area contributed by atoms with Crippen molar-refractivity contribution in [3.63, 3.8) is 0 Å². The summed E-state index contributed by atoms with van der Waals surface area (Å²) in [5, 5.41) is 18.9. The third-order valence-corrected chi connectivity index (χ3v) is 10.5. The van der Waals surface area contributed by atoms with Crippen LogP contribution in [0.2, 0.25) is 0 Å². The van der Waals surface area contributed by atoms with Gasteiger partial charge in [-0.3, -0.25) is 9.10 Å². The molecule has 1 aliphatic carbocycles. The van der Waals surface area contributed by atoms with E-state index in [1.54, 1.807) is 13.1 Å². The molecule has 0 unspecified atom stereocenters. The molecule has 0 radical (unpaired) electrons. The number of aromatic nitrogens is 1. The number of rotatable bonds is 9. The van der Waals surface area contributed by atoms with Crippen LogP contribution in [0.3, 0.4) is 0 Å². The molecule has 3 N–H and O–H groups in total. The Hall–Kier alpha value is -3.66. The highest BCUT2D eigenvalue weighted by Gasteiger charge is 2.30. The van der Waals surface area contributed by atoms with Gasteiger partial charge in [-0.25, -0.2) is 8.42 Å². The number of aliphatic hydroxyl groups excluding tert-OH is 1. The van der Waals surface area contributed by atoms with Gasteiger partial charge in [-0.05, 0) is 60.1 Å². The Bertz CT molecular complexity index is 1720. The van der Waals surface area contributed by atoms with E-state index < -0.39 is 22.2 Å². The van der Waals surface area contributed by atoms with Gasteiger partial charge in [0.05, 0.1) is 29.1 Å². The molecule has 4 aromatic rings. The molecule has 0 saturated carbocycles. The van der Waals surface area contributed by atoms with Crippen LogP contribution in [0.25, 0.3) is 10.9 Å². The molecule has 1 aromatic heterocycles. The zero-order valence-corrected chi connectivity index (χ0v) is 24.9.